The fourth-order valence-electron chi connectivity index (χ4n) is 2.17. The third-order valence-corrected chi connectivity index (χ3v) is 3.56. The molecule has 2 atom stereocenters. The lowest BCUT2D eigenvalue weighted by atomic mass is 10.1. The number of carbonyl (C=O) groups is 2. The van der Waals surface area contributed by atoms with Crippen LogP contribution in [0.1, 0.15) is 24.4 Å². The van der Waals surface area contributed by atoms with E-state index in [1.807, 2.05) is 0 Å². The van der Waals surface area contributed by atoms with Crippen LogP contribution in [0.4, 0.5) is 0 Å². The predicted molar refractivity (Wildman–Crippen MR) is 75.5 cm³/mol. The van der Waals surface area contributed by atoms with Gasteiger partial charge in [0.15, 0.2) is 6.04 Å². The van der Waals surface area contributed by atoms with E-state index in [4.69, 9.17) is 21.1 Å². The van der Waals surface area contributed by atoms with E-state index in [-0.39, 0.29) is 5.02 Å². The lowest BCUT2D eigenvalue weighted by Gasteiger charge is -2.18. The highest BCUT2D eigenvalue weighted by atomic mass is 35.5. The largest absolute Gasteiger partial charge is 0.495 e. The molecular weight excluding hydrogens is 298 g/mol. The van der Waals surface area contributed by atoms with Crippen molar-refractivity contribution >= 4 is 23.5 Å². The van der Waals surface area contributed by atoms with Gasteiger partial charge in [0.05, 0.1) is 12.1 Å². The maximum Gasteiger partial charge on any atom is 0.330 e. The average molecular weight is 314 g/mol. The number of carbonyl (C=O) groups excluding carboxylic acids is 1. The van der Waals surface area contributed by atoms with E-state index in [9.17, 15) is 14.7 Å². The van der Waals surface area contributed by atoms with Crippen LogP contribution in [-0.4, -0.2) is 36.8 Å². The average Bonchev–Trinajstić information content (AvgIpc) is 2.98. The van der Waals surface area contributed by atoms with Crippen LogP contribution in [-0.2, 0) is 14.3 Å². The molecule has 2 unspecified atom stereocenters. The number of ether oxygens (including phenoxy) is 2. The third-order valence-electron chi connectivity index (χ3n) is 3.26. The topological polar surface area (TPSA) is 84.9 Å². The minimum atomic E-state index is -1.18. The molecule has 1 aliphatic heterocycles. The van der Waals surface area contributed by atoms with Gasteiger partial charge >= 0.3 is 5.97 Å². The Bertz CT molecular complexity index is 542. The van der Waals surface area contributed by atoms with Gasteiger partial charge in [0.1, 0.15) is 11.9 Å². The van der Waals surface area contributed by atoms with E-state index >= 15 is 0 Å². The van der Waals surface area contributed by atoms with Gasteiger partial charge in [0.25, 0.3) is 0 Å². The molecule has 1 saturated heterocycles. The summed E-state index contributed by atoms with van der Waals surface area (Å²) < 4.78 is 10.3. The number of amides is 1. The molecule has 0 aromatic heterocycles. The van der Waals surface area contributed by atoms with E-state index < -0.39 is 24.0 Å². The van der Waals surface area contributed by atoms with Crippen molar-refractivity contribution in [2.24, 2.45) is 0 Å². The molecule has 0 spiro atoms. The zero-order chi connectivity index (χ0) is 15.4. The van der Waals surface area contributed by atoms with Crippen molar-refractivity contribution in [2.45, 2.75) is 25.0 Å². The summed E-state index contributed by atoms with van der Waals surface area (Å²) in [6.45, 7) is 0.518. The van der Waals surface area contributed by atoms with Gasteiger partial charge < -0.3 is 19.9 Å². The van der Waals surface area contributed by atoms with E-state index in [1.165, 1.54) is 13.2 Å². The molecule has 0 aliphatic carbocycles. The van der Waals surface area contributed by atoms with Crippen LogP contribution in [0.15, 0.2) is 18.2 Å². The molecule has 114 valence electrons. The van der Waals surface area contributed by atoms with Crippen molar-refractivity contribution in [1.82, 2.24) is 5.32 Å². The summed E-state index contributed by atoms with van der Waals surface area (Å²) in [6.07, 6.45) is 0.812. The number of hydrogen-bond donors (Lipinski definition) is 2. The summed E-state index contributed by atoms with van der Waals surface area (Å²) in [5, 5.41) is 12.1. The first-order chi connectivity index (χ1) is 10.0. The molecule has 21 heavy (non-hydrogen) atoms. The van der Waals surface area contributed by atoms with E-state index in [0.717, 1.165) is 6.42 Å². The Kier molecular flexibility index (Phi) is 5.03. The summed E-state index contributed by atoms with van der Waals surface area (Å²) in [7, 11) is 1.47. The number of hydrogen-bond acceptors (Lipinski definition) is 4. The fourth-order valence-corrected chi connectivity index (χ4v) is 2.44. The molecule has 0 saturated carbocycles. The van der Waals surface area contributed by atoms with Crippen LogP contribution < -0.4 is 10.1 Å². The summed E-state index contributed by atoms with van der Waals surface area (Å²) in [5.74, 6) is -1.15. The zero-order valence-electron chi connectivity index (χ0n) is 11.5. The summed E-state index contributed by atoms with van der Waals surface area (Å²) in [5.41, 5.74) is 0.375. The molecule has 6 nitrogen and oxygen atoms in total. The Hall–Kier alpha value is -1.79. The molecule has 7 heteroatoms. The van der Waals surface area contributed by atoms with Crippen molar-refractivity contribution in [3.8, 4) is 5.75 Å². The third kappa shape index (κ3) is 3.65. The van der Waals surface area contributed by atoms with Crippen LogP contribution >= 0.6 is 11.6 Å². The molecular formula is C14H16ClNO5. The number of halogens is 1. The van der Waals surface area contributed by atoms with E-state index in [1.54, 1.807) is 12.1 Å². The highest BCUT2D eigenvalue weighted by molar-refractivity contribution is 6.32. The second-order valence-electron chi connectivity index (χ2n) is 4.68. The molecule has 0 bridgehead atoms. The van der Waals surface area contributed by atoms with Gasteiger partial charge in [-0.05, 0) is 30.5 Å². The zero-order valence-corrected chi connectivity index (χ0v) is 12.2. The van der Waals surface area contributed by atoms with Crippen molar-refractivity contribution < 1.29 is 24.2 Å². The number of carboxylic acid groups (broad SMARTS) is 1. The number of rotatable bonds is 5. The van der Waals surface area contributed by atoms with E-state index in [0.29, 0.717) is 24.3 Å². The van der Waals surface area contributed by atoms with Crippen LogP contribution in [0.3, 0.4) is 0 Å². The molecule has 1 aromatic carbocycles. The number of benzene rings is 1. The minimum Gasteiger partial charge on any atom is -0.495 e. The van der Waals surface area contributed by atoms with Gasteiger partial charge in [0, 0.05) is 6.61 Å². The van der Waals surface area contributed by atoms with Crippen LogP contribution in [0.5, 0.6) is 5.75 Å². The Morgan fingerprint density at radius 2 is 2.29 bits per heavy atom. The van der Waals surface area contributed by atoms with Gasteiger partial charge in [-0.15, -0.1) is 0 Å². The van der Waals surface area contributed by atoms with Crippen LogP contribution in [0.25, 0.3) is 0 Å². The van der Waals surface area contributed by atoms with Gasteiger partial charge in [-0.2, -0.15) is 0 Å². The summed E-state index contributed by atoms with van der Waals surface area (Å²) >= 11 is 5.99. The molecule has 0 radical (unpaired) electrons. The van der Waals surface area contributed by atoms with Crippen molar-refractivity contribution in [2.75, 3.05) is 13.7 Å². The lowest BCUT2D eigenvalue weighted by Crippen LogP contribution is -2.40. The minimum absolute atomic E-state index is 0.285. The number of methoxy groups -OCH3 is 1. The number of nitrogens with one attached hydrogen (secondary N) is 1. The molecule has 1 aliphatic rings. The van der Waals surface area contributed by atoms with Gasteiger partial charge in [-0.1, -0.05) is 17.7 Å². The second-order valence-corrected chi connectivity index (χ2v) is 5.08. The highest BCUT2D eigenvalue weighted by Gasteiger charge is 2.29. The van der Waals surface area contributed by atoms with Gasteiger partial charge in [-0.25, -0.2) is 4.79 Å². The first-order valence-electron chi connectivity index (χ1n) is 6.51. The number of carboxylic acids is 1. The number of aliphatic carboxylic acids is 1. The van der Waals surface area contributed by atoms with Gasteiger partial charge in [-0.3, -0.25) is 4.79 Å². The molecule has 1 amide bonds. The molecule has 1 aromatic rings. The normalized spacial score (nSPS) is 19.0. The quantitative estimate of drug-likeness (QED) is 0.865. The van der Waals surface area contributed by atoms with Crippen LogP contribution in [0.2, 0.25) is 5.02 Å². The first kappa shape index (κ1) is 15.6. The first-order valence-corrected chi connectivity index (χ1v) is 6.89. The highest BCUT2D eigenvalue weighted by Crippen LogP contribution is 2.28. The molecule has 2 rings (SSSR count). The standard InChI is InChI=1S/C14H16ClNO5/c1-20-10-5-4-8(7-9(10)15)12(14(18)19)16-13(17)11-3-2-6-21-11/h4-5,7,11-12H,2-3,6H2,1H3,(H,16,17)(H,18,19). The van der Waals surface area contributed by atoms with Crippen LogP contribution in [0, 0.1) is 0 Å². The Morgan fingerprint density at radius 3 is 2.81 bits per heavy atom. The second kappa shape index (κ2) is 6.78. The van der Waals surface area contributed by atoms with Crippen molar-refractivity contribution in [1.29, 1.82) is 0 Å². The van der Waals surface area contributed by atoms with Gasteiger partial charge in [0.2, 0.25) is 5.91 Å². The van der Waals surface area contributed by atoms with E-state index in [2.05, 4.69) is 5.32 Å². The molecule has 2 N–H and O–H groups in total. The Labute approximate surface area is 127 Å². The van der Waals surface area contributed by atoms with Crippen molar-refractivity contribution in [3.05, 3.63) is 28.8 Å². The monoisotopic (exact) mass is 313 g/mol. The Morgan fingerprint density at radius 1 is 1.52 bits per heavy atom. The SMILES string of the molecule is COc1ccc(C(NC(=O)C2CCCO2)C(=O)O)cc1Cl. The van der Waals surface area contributed by atoms with Crippen molar-refractivity contribution in [3.63, 3.8) is 0 Å². The smallest absolute Gasteiger partial charge is 0.330 e. The Balaban J connectivity index is 2.16. The summed E-state index contributed by atoms with van der Waals surface area (Å²) in [4.78, 5) is 23.4. The maximum atomic E-state index is 12.0. The molecule has 1 fully saturated rings. The molecule has 1 heterocycles. The predicted octanol–water partition coefficient (Wildman–Crippen LogP) is 1.77. The maximum absolute atomic E-state index is 12.0. The lowest BCUT2D eigenvalue weighted by molar-refractivity contribution is -0.143. The fraction of sp³-hybridized carbons (Fsp3) is 0.429. The summed E-state index contributed by atoms with van der Waals surface area (Å²) in [6, 6.07) is 3.41.